The molecule has 1 N–H and O–H groups in total. The molecule has 0 aromatic carbocycles. The second-order valence-electron chi connectivity index (χ2n) is 6.54. The van der Waals surface area contributed by atoms with E-state index in [0.29, 0.717) is 5.06 Å². The van der Waals surface area contributed by atoms with Crippen LogP contribution in [-0.4, -0.2) is 13.1 Å². The monoisotopic (exact) mass is 285 g/mol. The van der Waals surface area contributed by atoms with Crippen LogP contribution < -0.4 is 5.06 Å². The Hall–Kier alpha value is -0.0800. The van der Waals surface area contributed by atoms with Gasteiger partial charge in [-0.25, -0.2) is 0 Å². The van der Waals surface area contributed by atoms with E-state index in [-0.39, 0.29) is 6.04 Å². The van der Waals surface area contributed by atoms with Gasteiger partial charge in [-0.15, -0.1) is 0 Å². The lowest BCUT2D eigenvalue weighted by atomic mass is 10.0. The lowest BCUT2D eigenvalue weighted by Gasteiger charge is -2.24. The highest BCUT2D eigenvalue weighted by Crippen LogP contribution is 2.13. The van der Waals surface area contributed by atoms with Crippen molar-refractivity contribution in [2.45, 2.75) is 110 Å². The second-order valence-corrected chi connectivity index (χ2v) is 6.54. The molecule has 0 bridgehead atoms. The van der Waals surface area contributed by atoms with Crippen molar-refractivity contribution in [3.8, 4) is 0 Å². The van der Waals surface area contributed by atoms with Crippen LogP contribution in [0, 0.1) is 5.21 Å². The van der Waals surface area contributed by atoms with Gasteiger partial charge in [0.2, 0.25) is 0 Å². The molecule has 0 aromatic rings. The molecule has 2 unspecified atom stereocenters. The van der Waals surface area contributed by atoms with Gasteiger partial charge < -0.3 is 10.3 Å². The van der Waals surface area contributed by atoms with E-state index in [1.54, 1.807) is 7.05 Å². The number of hydroxylamine groups is 2. The molecule has 0 aliphatic carbocycles. The van der Waals surface area contributed by atoms with Gasteiger partial charge in [-0.2, -0.15) is 0 Å². The minimum Gasteiger partial charge on any atom is -0.634 e. The summed E-state index contributed by atoms with van der Waals surface area (Å²) < 4.78 is 0. The predicted octanol–water partition coefficient (Wildman–Crippen LogP) is 4.87. The number of quaternary nitrogens is 1. The number of unbranched alkanes of at least 4 members (excludes halogenated alkanes) is 12. The topological polar surface area (TPSA) is 27.5 Å². The minimum absolute atomic E-state index is 0.280. The van der Waals surface area contributed by atoms with Crippen molar-refractivity contribution in [2.24, 2.45) is 0 Å². The average molecular weight is 286 g/mol. The maximum absolute atomic E-state index is 11.1. The Morgan fingerprint density at radius 2 is 1.05 bits per heavy atom. The Bertz CT molecular complexity index is 182. The maximum atomic E-state index is 11.1. The van der Waals surface area contributed by atoms with Crippen LogP contribution in [0.5, 0.6) is 0 Å². The molecule has 0 saturated heterocycles. The standard InChI is InChI=1S/C18H39NO/c1-4-5-6-7-8-9-10-11-12-13-14-15-16-17-18(2)19(3)20/h18-19H,4-17H2,1-3H3. The van der Waals surface area contributed by atoms with Gasteiger partial charge in [-0.05, 0) is 19.8 Å². The molecule has 0 fully saturated rings. The highest BCUT2D eigenvalue weighted by molar-refractivity contribution is 4.51. The van der Waals surface area contributed by atoms with Crippen molar-refractivity contribution in [1.29, 1.82) is 0 Å². The third kappa shape index (κ3) is 14.3. The largest absolute Gasteiger partial charge is 0.634 e. The van der Waals surface area contributed by atoms with Crippen molar-refractivity contribution in [3.05, 3.63) is 5.21 Å². The normalized spacial score (nSPS) is 14.4. The number of nitrogens with one attached hydrogen (secondary N) is 1. The first-order valence-electron chi connectivity index (χ1n) is 9.19. The van der Waals surface area contributed by atoms with Gasteiger partial charge in [0, 0.05) is 0 Å². The zero-order chi connectivity index (χ0) is 15.1. The van der Waals surface area contributed by atoms with Crippen LogP contribution in [0.4, 0.5) is 0 Å². The molecule has 0 rings (SSSR count). The summed E-state index contributed by atoms with van der Waals surface area (Å²) in [6, 6.07) is 0.280. The van der Waals surface area contributed by atoms with Gasteiger partial charge in [0.05, 0.1) is 13.1 Å². The highest BCUT2D eigenvalue weighted by Gasteiger charge is 2.03. The van der Waals surface area contributed by atoms with Crippen LogP contribution in [0.25, 0.3) is 0 Å². The Balaban J connectivity index is 3.03. The molecule has 0 radical (unpaired) electrons. The summed E-state index contributed by atoms with van der Waals surface area (Å²) in [7, 11) is 1.72. The quantitative estimate of drug-likeness (QED) is 0.337. The lowest BCUT2D eigenvalue weighted by molar-refractivity contribution is -0.852. The van der Waals surface area contributed by atoms with Gasteiger partial charge in [0.25, 0.3) is 0 Å². The van der Waals surface area contributed by atoms with E-state index >= 15 is 0 Å². The molecule has 0 aliphatic rings. The summed E-state index contributed by atoms with van der Waals surface area (Å²) in [4.78, 5) is 0. The summed E-state index contributed by atoms with van der Waals surface area (Å²) in [6.45, 7) is 4.34. The van der Waals surface area contributed by atoms with Crippen LogP contribution in [0.1, 0.15) is 104 Å². The average Bonchev–Trinajstić information content (AvgIpc) is 2.43. The zero-order valence-corrected chi connectivity index (χ0v) is 14.4. The van der Waals surface area contributed by atoms with Crippen molar-refractivity contribution in [2.75, 3.05) is 7.05 Å². The second kappa shape index (κ2) is 15.3. The van der Waals surface area contributed by atoms with Gasteiger partial charge in [0.15, 0.2) is 0 Å². The van der Waals surface area contributed by atoms with Crippen LogP contribution in [0.2, 0.25) is 0 Å². The fourth-order valence-electron chi connectivity index (χ4n) is 2.67. The lowest BCUT2D eigenvalue weighted by Crippen LogP contribution is -3.07. The Morgan fingerprint density at radius 3 is 1.40 bits per heavy atom. The number of hydrogen-bond donors (Lipinski definition) is 1. The smallest absolute Gasteiger partial charge is 0.0841 e. The van der Waals surface area contributed by atoms with Gasteiger partial charge in [-0.3, -0.25) is 0 Å². The SMILES string of the molecule is CCCCCCCCCCCCCCCC(C)[NH+](C)[O-]. The summed E-state index contributed by atoms with van der Waals surface area (Å²) in [5.74, 6) is 0. The molecular formula is C18H39NO. The fourth-order valence-corrected chi connectivity index (χ4v) is 2.67. The molecule has 2 nitrogen and oxygen atoms in total. The van der Waals surface area contributed by atoms with E-state index in [1.807, 2.05) is 0 Å². The Kier molecular flexibility index (Phi) is 15.3. The first kappa shape index (κ1) is 19.9. The molecule has 2 atom stereocenters. The summed E-state index contributed by atoms with van der Waals surface area (Å²) in [5.41, 5.74) is 0. The molecule has 0 aliphatic heterocycles. The molecular weight excluding hydrogens is 246 g/mol. The van der Waals surface area contributed by atoms with Crippen LogP contribution in [0.3, 0.4) is 0 Å². The van der Waals surface area contributed by atoms with Crippen molar-refractivity contribution >= 4 is 0 Å². The molecule has 0 saturated carbocycles. The van der Waals surface area contributed by atoms with Crippen molar-refractivity contribution < 1.29 is 5.06 Å². The highest BCUT2D eigenvalue weighted by atomic mass is 16.5. The first-order valence-corrected chi connectivity index (χ1v) is 9.19. The van der Waals surface area contributed by atoms with Crippen LogP contribution in [-0.2, 0) is 0 Å². The molecule has 122 valence electrons. The third-order valence-corrected chi connectivity index (χ3v) is 4.43. The van der Waals surface area contributed by atoms with Crippen molar-refractivity contribution in [3.63, 3.8) is 0 Å². The number of rotatable bonds is 15. The molecule has 2 heteroatoms. The Morgan fingerprint density at radius 1 is 0.700 bits per heavy atom. The molecule has 0 amide bonds. The van der Waals surface area contributed by atoms with Gasteiger partial charge >= 0.3 is 0 Å². The van der Waals surface area contributed by atoms with E-state index in [2.05, 4.69) is 13.8 Å². The Labute approximate surface area is 127 Å². The molecule has 0 heterocycles. The van der Waals surface area contributed by atoms with E-state index < -0.39 is 0 Å². The minimum atomic E-state index is 0.280. The molecule has 0 spiro atoms. The van der Waals surface area contributed by atoms with Gasteiger partial charge in [0.1, 0.15) is 0 Å². The van der Waals surface area contributed by atoms with Gasteiger partial charge in [-0.1, -0.05) is 84.0 Å². The van der Waals surface area contributed by atoms with E-state index in [9.17, 15) is 5.21 Å². The summed E-state index contributed by atoms with van der Waals surface area (Å²) in [6.07, 6.45) is 19.2. The van der Waals surface area contributed by atoms with E-state index in [1.165, 1.54) is 83.5 Å². The number of hydrogen-bond acceptors (Lipinski definition) is 1. The van der Waals surface area contributed by atoms with Crippen LogP contribution >= 0.6 is 0 Å². The third-order valence-electron chi connectivity index (χ3n) is 4.43. The molecule has 20 heavy (non-hydrogen) atoms. The maximum Gasteiger partial charge on any atom is 0.0841 e. The molecule has 0 aromatic heterocycles. The zero-order valence-electron chi connectivity index (χ0n) is 14.4. The fraction of sp³-hybridized carbons (Fsp3) is 1.00. The van der Waals surface area contributed by atoms with E-state index in [4.69, 9.17) is 0 Å². The van der Waals surface area contributed by atoms with Crippen LogP contribution in [0.15, 0.2) is 0 Å². The summed E-state index contributed by atoms with van der Waals surface area (Å²) in [5, 5.41) is 11.4. The first-order chi connectivity index (χ1) is 9.68. The predicted molar refractivity (Wildman–Crippen MR) is 90.0 cm³/mol. The van der Waals surface area contributed by atoms with Crippen molar-refractivity contribution in [1.82, 2.24) is 0 Å². The van der Waals surface area contributed by atoms with E-state index in [0.717, 1.165) is 6.42 Å². The summed E-state index contributed by atoms with van der Waals surface area (Å²) >= 11 is 0.